The van der Waals surface area contributed by atoms with Gasteiger partial charge in [-0.15, -0.1) is 0 Å². The molecule has 7 nitrogen and oxygen atoms in total. The normalized spacial score (nSPS) is 19.0. The Morgan fingerprint density at radius 1 is 1.47 bits per heavy atom. The van der Waals surface area contributed by atoms with E-state index in [1.165, 1.54) is 0 Å². The number of anilines is 1. The maximum absolute atomic E-state index is 11.9. The Morgan fingerprint density at radius 3 is 3.00 bits per heavy atom. The molecule has 0 bridgehead atoms. The minimum absolute atomic E-state index is 0.0501. The van der Waals surface area contributed by atoms with Gasteiger partial charge in [-0.2, -0.15) is 0 Å². The molecule has 2 rings (SSSR count). The number of nitrogens with zero attached hydrogens (tertiary/aromatic N) is 3. The molecule has 1 saturated heterocycles. The summed E-state index contributed by atoms with van der Waals surface area (Å²) in [5.74, 6) is 0.566. The van der Waals surface area contributed by atoms with Gasteiger partial charge in [-0.25, -0.2) is 14.8 Å². The molecule has 2 amide bonds. The van der Waals surface area contributed by atoms with Gasteiger partial charge in [0.1, 0.15) is 0 Å². The van der Waals surface area contributed by atoms with Crippen LogP contribution in [-0.2, 0) is 4.74 Å². The third-order valence-electron chi connectivity index (χ3n) is 2.78. The first-order valence-electron chi connectivity index (χ1n) is 6.41. The molecule has 1 fully saturated rings. The highest BCUT2D eigenvalue weighted by atomic mass is 16.5. The summed E-state index contributed by atoms with van der Waals surface area (Å²) in [7, 11) is 0. The number of aromatic nitrogens is 2. The van der Waals surface area contributed by atoms with E-state index < -0.39 is 0 Å². The Bertz CT molecular complexity index is 400. The van der Waals surface area contributed by atoms with E-state index in [-0.39, 0.29) is 12.1 Å². The van der Waals surface area contributed by atoms with Gasteiger partial charge in [-0.05, 0) is 13.0 Å². The quantitative estimate of drug-likeness (QED) is 0.766. The van der Waals surface area contributed by atoms with E-state index in [4.69, 9.17) is 4.74 Å². The molecule has 0 saturated carbocycles. The van der Waals surface area contributed by atoms with Gasteiger partial charge in [0.2, 0.25) is 5.95 Å². The molecule has 2 heterocycles. The van der Waals surface area contributed by atoms with Gasteiger partial charge >= 0.3 is 6.03 Å². The summed E-state index contributed by atoms with van der Waals surface area (Å²) in [6.07, 6.45) is 3.45. The number of carbonyl (C=O) groups is 1. The average molecular weight is 265 g/mol. The number of amides is 2. The number of morpholine rings is 1. The van der Waals surface area contributed by atoms with Crippen LogP contribution in [-0.4, -0.2) is 59.8 Å². The van der Waals surface area contributed by atoms with Gasteiger partial charge in [-0.1, -0.05) is 0 Å². The summed E-state index contributed by atoms with van der Waals surface area (Å²) in [6.45, 7) is 4.98. The van der Waals surface area contributed by atoms with Crippen molar-refractivity contribution >= 4 is 12.0 Å². The highest BCUT2D eigenvalue weighted by Gasteiger charge is 2.20. The van der Waals surface area contributed by atoms with Crippen LogP contribution in [0.3, 0.4) is 0 Å². The third-order valence-corrected chi connectivity index (χ3v) is 2.78. The molecular weight excluding hydrogens is 246 g/mol. The van der Waals surface area contributed by atoms with Gasteiger partial charge in [-0.3, -0.25) is 0 Å². The molecule has 1 aromatic rings. The number of hydrogen-bond acceptors (Lipinski definition) is 5. The van der Waals surface area contributed by atoms with Gasteiger partial charge in [0.15, 0.2) is 0 Å². The maximum atomic E-state index is 11.9. The largest absolute Gasteiger partial charge is 0.375 e. The van der Waals surface area contributed by atoms with Crippen molar-refractivity contribution in [3.8, 4) is 0 Å². The molecule has 19 heavy (non-hydrogen) atoms. The van der Waals surface area contributed by atoms with Gasteiger partial charge in [0, 0.05) is 38.6 Å². The lowest BCUT2D eigenvalue weighted by Crippen LogP contribution is -2.49. The SMILES string of the molecule is C[C@@H]1CN(C(=O)NCCNc2ncccn2)CCO1. The van der Waals surface area contributed by atoms with E-state index in [1.807, 2.05) is 6.92 Å². The van der Waals surface area contributed by atoms with E-state index in [0.717, 1.165) is 0 Å². The van der Waals surface area contributed by atoms with Crippen molar-refractivity contribution in [3.05, 3.63) is 18.5 Å². The standard InChI is InChI=1S/C12H19N5O2/c1-10-9-17(7-8-19-10)12(18)16-6-5-15-11-13-3-2-4-14-11/h2-4,10H,5-9H2,1H3,(H,16,18)(H,13,14,15)/t10-/m1/s1. The van der Waals surface area contributed by atoms with Crippen LogP contribution in [0.2, 0.25) is 0 Å². The molecule has 0 aromatic carbocycles. The summed E-state index contributed by atoms with van der Waals surface area (Å²) >= 11 is 0. The summed E-state index contributed by atoms with van der Waals surface area (Å²) in [4.78, 5) is 21.7. The molecule has 1 aliphatic rings. The lowest BCUT2D eigenvalue weighted by molar-refractivity contribution is -0.00340. The fraction of sp³-hybridized carbons (Fsp3) is 0.583. The molecule has 1 aromatic heterocycles. The Morgan fingerprint density at radius 2 is 2.26 bits per heavy atom. The molecule has 1 atom stereocenters. The number of urea groups is 1. The van der Waals surface area contributed by atoms with E-state index in [1.54, 1.807) is 23.4 Å². The van der Waals surface area contributed by atoms with Crippen molar-refractivity contribution in [1.29, 1.82) is 0 Å². The number of nitrogens with one attached hydrogen (secondary N) is 2. The smallest absolute Gasteiger partial charge is 0.317 e. The van der Waals surface area contributed by atoms with Crippen LogP contribution in [0, 0.1) is 0 Å². The Hall–Kier alpha value is -1.89. The predicted octanol–water partition coefficient (Wildman–Crippen LogP) is 0.319. The predicted molar refractivity (Wildman–Crippen MR) is 70.9 cm³/mol. The Labute approximate surface area is 112 Å². The number of carbonyl (C=O) groups excluding carboxylic acids is 1. The van der Waals surface area contributed by atoms with Crippen LogP contribution in [0.5, 0.6) is 0 Å². The van der Waals surface area contributed by atoms with Crippen molar-refractivity contribution in [3.63, 3.8) is 0 Å². The maximum Gasteiger partial charge on any atom is 0.317 e. The summed E-state index contributed by atoms with van der Waals surface area (Å²) < 4.78 is 5.39. The number of ether oxygens (including phenoxy) is 1. The molecular formula is C12H19N5O2. The van der Waals surface area contributed by atoms with E-state index in [0.29, 0.717) is 38.7 Å². The number of rotatable bonds is 4. The third kappa shape index (κ3) is 4.36. The van der Waals surface area contributed by atoms with Crippen LogP contribution in [0.25, 0.3) is 0 Å². The summed E-state index contributed by atoms with van der Waals surface area (Å²) in [5, 5.41) is 5.89. The van der Waals surface area contributed by atoms with Crippen LogP contribution in [0.15, 0.2) is 18.5 Å². The molecule has 7 heteroatoms. The first-order valence-corrected chi connectivity index (χ1v) is 6.41. The monoisotopic (exact) mass is 265 g/mol. The zero-order chi connectivity index (χ0) is 13.5. The van der Waals surface area contributed by atoms with Gasteiger partial charge in [0.05, 0.1) is 12.7 Å². The first-order chi connectivity index (χ1) is 9.25. The summed E-state index contributed by atoms with van der Waals surface area (Å²) in [6, 6.07) is 1.71. The molecule has 0 unspecified atom stereocenters. The fourth-order valence-corrected chi connectivity index (χ4v) is 1.85. The number of hydrogen-bond donors (Lipinski definition) is 2. The van der Waals surface area contributed by atoms with Crippen LogP contribution in [0.1, 0.15) is 6.92 Å². The Kier molecular flexibility index (Phi) is 4.91. The van der Waals surface area contributed by atoms with Gasteiger partial charge < -0.3 is 20.3 Å². The lowest BCUT2D eigenvalue weighted by atomic mass is 10.3. The highest BCUT2D eigenvalue weighted by Crippen LogP contribution is 2.03. The van der Waals surface area contributed by atoms with Crippen molar-refractivity contribution in [2.45, 2.75) is 13.0 Å². The second-order valence-corrected chi connectivity index (χ2v) is 4.36. The summed E-state index contributed by atoms with van der Waals surface area (Å²) in [5.41, 5.74) is 0. The van der Waals surface area contributed by atoms with Crippen LogP contribution < -0.4 is 10.6 Å². The second kappa shape index (κ2) is 6.89. The molecule has 1 aliphatic heterocycles. The molecule has 0 radical (unpaired) electrons. The van der Waals surface area contributed by atoms with Crippen LogP contribution >= 0.6 is 0 Å². The van der Waals surface area contributed by atoms with E-state index in [9.17, 15) is 4.79 Å². The molecule has 0 aliphatic carbocycles. The van der Waals surface area contributed by atoms with Gasteiger partial charge in [0.25, 0.3) is 0 Å². The zero-order valence-electron chi connectivity index (χ0n) is 11.0. The topological polar surface area (TPSA) is 79.4 Å². The van der Waals surface area contributed by atoms with Crippen molar-refractivity contribution in [1.82, 2.24) is 20.2 Å². The first kappa shape index (κ1) is 13.5. The van der Waals surface area contributed by atoms with Crippen molar-refractivity contribution in [2.75, 3.05) is 38.1 Å². The van der Waals surface area contributed by atoms with Crippen molar-refractivity contribution in [2.24, 2.45) is 0 Å². The fourth-order valence-electron chi connectivity index (χ4n) is 1.85. The lowest BCUT2D eigenvalue weighted by Gasteiger charge is -2.31. The molecule has 0 spiro atoms. The minimum Gasteiger partial charge on any atom is -0.375 e. The average Bonchev–Trinajstić information content (AvgIpc) is 2.44. The molecule has 104 valence electrons. The molecule has 2 N–H and O–H groups in total. The highest BCUT2D eigenvalue weighted by molar-refractivity contribution is 5.74. The van der Waals surface area contributed by atoms with E-state index >= 15 is 0 Å². The zero-order valence-corrected chi connectivity index (χ0v) is 11.0. The van der Waals surface area contributed by atoms with E-state index in [2.05, 4.69) is 20.6 Å². The Balaban J connectivity index is 1.64. The van der Waals surface area contributed by atoms with Crippen LogP contribution in [0.4, 0.5) is 10.7 Å². The minimum atomic E-state index is -0.0501. The van der Waals surface area contributed by atoms with Crippen molar-refractivity contribution < 1.29 is 9.53 Å². The second-order valence-electron chi connectivity index (χ2n) is 4.36.